The van der Waals surface area contributed by atoms with Crippen LogP contribution in [0.3, 0.4) is 0 Å². The highest BCUT2D eigenvalue weighted by Crippen LogP contribution is 2.19. The Balaban J connectivity index is 2.70. The zero-order valence-corrected chi connectivity index (χ0v) is 10.3. The van der Waals surface area contributed by atoms with Crippen molar-refractivity contribution in [2.45, 2.75) is 19.4 Å². The standard InChI is InChI=1S/C11H12ClFN2O3/c1-2-8(10(16)17)14-11(18)15-9-5-6(12)3-4-7(9)13/h3-5,8H,2H2,1H3,(H,16,17)(H2,14,15,18)/t8-/m0/s1. The molecule has 0 radical (unpaired) electrons. The molecule has 0 heterocycles. The van der Waals surface area contributed by atoms with Gasteiger partial charge < -0.3 is 15.7 Å². The van der Waals surface area contributed by atoms with E-state index in [4.69, 9.17) is 16.7 Å². The highest BCUT2D eigenvalue weighted by atomic mass is 35.5. The summed E-state index contributed by atoms with van der Waals surface area (Å²) in [7, 11) is 0. The van der Waals surface area contributed by atoms with Crippen LogP contribution in [0.5, 0.6) is 0 Å². The molecule has 0 saturated carbocycles. The average molecular weight is 275 g/mol. The number of hydrogen-bond donors (Lipinski definition) is 3. The molecular weight excluding hydrogens is 263 g/mol. The molecule has 0 aliphatic rings. The fourth-order valence-electron chi connectivity index (χ4n) is 1.25. The van der Waals surface area contributed by atoms with Gasteiger partial charge in [0.05, 0.1) is 5.69 Å². The first-order valence-corrected chi connectivity index (χ1v) is 5.57. The normalized spacial score (nSPS) is 11.7. The minimum Gasteiger partial charge on any atom is -0.480 e. The van der Waals surface area contributed by atoms with E-state index in [1.807, 2.05) is 0 Å². The number of hydrogen-bond acceptors (Lipinski definition) is 2. The predicted molar refractivity (Wildman–Crippen MR) is 65.3 cm³/mol. The molecule has 2 amide bonds. The molecule has 18 heavy (non-hydrogen) atoms. The van der Waals surface area contributed by atoms with Gasteiger partial charge >= 0.3 is 12.0 Å². The van der Waals surface area contributed by atoms with Gasteiger partial charge in [-0.05, 0) is 24.6 Å². The van der Waals surface area contributed by atoms with Crippen molar-refractivity contribution in [2.75, 3.05) is 5.32 Å². The fourth-order valence-corrected chi connectivity index (χ4v) is 1.42. The Bertz CT molecular complexity index is 468. The van der Waals surface area contributed by atoms with E-state index in [-0.39, 0.29) is 17.1 Å². The van der Waals surface area contributed by atoms with Gasteiger partial charge in [-0.1, -0.05) is 18.5 Å². The summed E-state index contributed by atoms with van der Waals surface area (Å²) in [4.78, 5) is 22.2. The molecule has 98 valence electrons. The summed E-state index contributed by atoms with van der Waals surface area (Å²) in [5.41, 5.74) is -0.111. The van der Waals surface area contributed by atoms with Crippen LogP contribution in [0.25, 0.3) is 0 Å². The molecule has 1 aromatic carbocycles. The first-order chi connectivity index (χ1) is 8.43. The van der Waals surface area contributed by atoms with E-state index < -0.39 is 23.9 Å². The number of carboxylic acid groups (broad SMARTS) is 1. The molecular formula is C11H12ClFN2O3. The lowest BCUT2D eigenvalue weighted by Gasteiger charge is -2.13. The van der Waals surface area contributed by atoms with Crippen LogP contribution in [0.2, 0.25) is 5.02 Å². The second kappa shape index (κ2) is 6.20. The van der Waals surface area contributed by atoms with Gasteiger partial charge in [-0.25, -0.2) is 14.0 Å². The van der Waals surface area contributed by atoms with Gasteiger partial charge in [0.15, 0.2) is 0 Å². The number of halogens is 2. The van der Waals surface area contributed by atoms with Gasteiger partial charge in [0, 0.05) is 5.02 Å². The molecule has 7 heteroatoms. The van der Waals surface area contributed by atoms with Gasteiger partial charge in [-0.3, -0.25) is 0 Å². The van der Waals surface area contributed by atoms with Crippen LogP contribution in [-0.2, 0) is 4.79 Å². The van der Waals surface area contributed by atoms with Gasteiger partial charge in [-0.15, -0.1) is 0 Å². The van der Waals surface area contributed by atoms with E-state index in [9.17, 15) is 14.0 Å². The third kappa shape index (κ3) is 3.89. The largest absolute Gasteiger partial charge is 0.480 e. The maximum absolute atomic E-state index is 13.3. The van der Waals surface area contributed by atoms with Crippen LogP contribution in [0.15, 0.2) is 18.2 Å². The predicted octanol–water partition coefficient (Wildman–Crippen LogP) is 2.46. The van der Waals surface area contributed by atoms with E-state index in [1.54, 1.807) is 6.92 Å². The Morgan fingerprint density at radius 2 is 2.17 bits per heavy atom. The second-order valence-corrected chi connectivity index (χ2v) is 3.96. The molecule has 0 spiro atoms. The van der Waals surface area contributed by atoms with Crippen molar-refractivity contribution in [2.24, 2.45) is 0 Å². The zero-order valence-electron chi connectivity index (χ0n) is 9.54. The number of amides is 2. The summed E-state index contributed by atoms with van der Waals surface area (Å²) >= 11 is 5.65. The van der Waals surface area contributed by atoms with Gasteiger partial charge in [0.2, 0.25) is 0 Å². The quantitative estimate of drug-likeness (QED) is 0.789. The lowest BCUT2D eigenvalue weighted by atomic mass is 10.2. The molecule has 0 saturated heterocycles. The van der Waals surface area contributed by atoms with Gasteiger partial charge in [-0.2, -0.15) is 0 Å². The summed E-state index contributed by atoms with van der Waals surface area (Å²) in [6.07, 6.45) is 0.223. The number of carbonyl (C=O) groups excluding carboxylic acids is 1. The highest BCUT2D eigenvalue weighted by molar-refractivity contribution is 6.30. The number of nitrogens with one attached hydrogen (secondary N) is 2. The Morgan fingerprint density at radius 1 is 1.50 bits per heavy atom. The Morgan fingerprint density at radius 3 is 2.72 bits per heavy atom. The number of benzene rings is 1. The lowest BCUT2D eigenvalue weighted by Crippen LogP contribution is -2.42. The maximum Gasteiger partial charge on any atom is 0.326 e. The molecule has 0 bridgehead atoms. The van der Waals surface area contributed by atoms with E-state index in [1.165, 1.54) is 12.1 Å². The van der Waals surface area contributed by atoms with Crippen molar-refractivity contribution in [3.05, 3.63) is 29.0 Å². The van der Waals surface area contributed by atoms with E-state index in [2.05, 4.69) is 10.6 Å². The van der Waals surface area contributed by atoms with Crippen molar-refractivity contribution in [3.63, 3.8) is 0 Å². The van der Waals surface area contributed by atoms with Crippen LogP contribution >= 0.6 is 11.6 Å². The topological polar surface area (TPSA) is 78.4 Å². The summed E-state index contributed by atoms with van der Waals surface area (Å²) in [5, 5.41) is 13.4. The number of carboxylic acids is 1. The molecule has 1 atom stereocenters. The number of carbonyl (C=O) groups is 2. The number of aliphatic carboxylic acids is 1. The Hall–Kier alpha value is -1.82. The van der Waals surface area contributed by atoms with E-state index in [0.29, 0.717) is 0 Å². The molecule has 0 unspecified atom stereocenters. The minimum absolute atomic E-state index is 0.111. The summed E-state index contributed by atoms with van der Waals surface area (Å²) < 4.78 is 13.3. The summed E-state index contributed by atoms with van der Waals surface area (Å²) in [6.45, 7) is 1.61. The SMILES string of the molecule is CC[C@H](NC(=O)Nc1cc(Cl)ccc1F)C(=O)O. The average Bonchev–Trinajstić information content (AvgIpc) is 2.30. The van der Waals surface area contributed by atoms with Crippen molar-refractivity contribution in [1.82, 2.24) is 5.32 Å². The molecule has 0 aliphatic heterocycles. The molecule has 3 N–H and O–H groups in total. The lowest BCUT2D eigenvalue weighted by molar-refractivity contribution is -0.139. The van der Waals surface area contributed by atoms with Crippen molar-refractivity contribution >= 4 is 29.3 Å². The molecule has 5 nitrogen and oxygen atoms in total. The minimum atomic E-state index is -1.15. The monoisotopic (exact) mass is 274 g/mol. The Kier molecular flexibility index (Phi) is 4.91. The van der Waals surface area contributed by atoms with E-state index in [0.717, 1.165) is 6.07 Å². The van der Waals surface area contributed by atoms with Crippen LogP contribution < -0.4 is 10.6 Å². The van der Waals surface area contributed by atoms with Crippen LogP contribution in [0.4, 0.5) is 14.9 Å². The molecule has 1 rings (SSSR count). The molecule has 0 fully saturated rings. The number of urea groups is 1. The Labute approximate surface area is 108 Å². The first-order valence-electron chi connectivity index (χ1n) is 5.19. The number of anilines is 1. The van der Waals surface area contributed by atoms with Crippen molar-refractivity contribution in [3.8, 4) is 0 Å². The van der Waals surface area contributed by atoms with Crippen LogP contribution in [-0.4, -0.2) is 23.1 Å². The number of rotatable bonds is 4. The van der Waals surface area contributed by atoms with Crippen LogP contribution in [0.1, 0.15) is 13.3 Å². The third-order valence-corrected chi connectivity index (χ3v) is 2.42. The fraction of sp³-hybridized carbons (Fsp3) is 0.273. The molecule has 0 aliphatic carbocycles. The van der Waals surface area contributed by atoms with Gasteiger partial charge in [0.25, 0.3) is 0 Å². The van der Waals surface area contributed by atoms with Crippen molar-refractivity contribution < 1.29 is 19.1 Å². The first kappa shape index (κ1) is 14.2. The molecule has 1 aromatic rings. The third-order valence-electron chi connectivity index (χ3n) is 2.19. The summed E-state index contributed by atoms with van der Waals surface area (Å²) in [6, 6.07) is 1.86. The summed E-state index contributed by atoms with van der Waals surface area (Å²) in [5.74, 6) is -1.81. The van der Waals surface area contributed by atoms with Gasteiger partial charge in [0.1, 0.15) is 11.9 Å². The van der Waals surface area contributed by atoms with Crippen LogP contribution in [0, 0.1) is 5.82 Å². The zero-order chi connectivity index (χ0) is 13.7. The maximum atomic E-state index is 13.3. The smallest absolute Gasteiger partial charge is 0.326 e. The van der Waals surface area contributed by atoms with Crippen molar-refractivity contribution in [1.29, 1.82) is 0 Å². The second-order valence-electron chi connectivity index (χ2n) is 3.52. The molecule has 0 aromatic heterocycles. The highest BCUT2D eigenvalue weighted by Gasteiger charge is 2.18. The van der Waals surface area contributed by atoms with E-state index >= 15 is 0 Å².